The lowest BCUT2D eigenvalue weighted by molar-refractivity contribution is 0.0217. The van der Waals surface area contributed by atoms with Crippen LogP contribution in [0.1, 0.15) is 16.1 Å². The smallest absolute Gasteiger partial charge is 0.283 e. The summed E-state index contributed by atoms with van der Waals surface area (Å²) in [5.41, 5.74) is 3.09. The second-order valence-corrected chi connectivity index (χ2v) is 5.26. The first-order valence-electron chi connectivity index (χ1n) is 7.07. The van der Waals surface area contributed by atoms with Crippen LogP contribution in [-0.4, -0.2) is 28.1 Å². The van der Waals surface area contributed by atoms with E-state index in [0.717, 1.165) is 16.5 Å². The lowest BCUT2D eigenvalue weighted by Gasteiger charge is -2.10. The summed E-state index contributed by atoms with van der Waals surface area (Å²) in [6.07, 6.45) is 3.35. The number of benzene rings is 1. The molecule has 1 amide bonds. The number of carbonyl (C=O) groups is 1. The summed E-state index contributed by atoms with van der Waals surface area (Å²) in [4.78, 5) is 20.4. The number of nitrogens with zero attached hydrogens (tertiary/aromatic N) is 3. The van der Waals surface area contributed by atoms with E-state index in [4.69, 9.17) is 4.74 Å². The predicted octanol–water partition coefficient (Wildman–Crippen LogP) is 3.15. The molecule has 2 aromatic heterocycles. The number of carbonyl (C=O) groups excluding carboxylic acids is 1. The highest BCUT2D eigenvalue weighted by molar-refractivity contribution is 6.03. The van der Waals surface area contributed by atoms with E-state index in [2.05, 4.69) is 9.97 Å². The summed E-state index contributed by atoms with van der Waals surface area (Å²) in [5, 5.41) is 0.955. The Bertz CT molecular complexity index is 942. The summed E-state index contributed by atoms with van der Waals surface area (Å²) in [6, 6.07) is 9.08. The second-order valence-electron chi connectivity index (χ2n) is 5.26. The number of hydrogen-bond acceptors (Lipinski definition) is 4. The first kappa shape index (κ1) is 13.6. The molecule has 3 heterocycles. The molecule has 0 bridgehead atoms. The van der Waals surface area contributed by atoms with Crippen molar-refractivity contribution in [2.75, 3.05) is 7.11 Å². The summed E-state index contributed by atoms with van der Waals surface area (Å²) in [6.45, 7) is -0.122. The molecule has 0 atom stereocenters. The number of para-hydroxylation sites is 1. The number of fused-ring (bicyclic) bond motifs is 2. The molecule has 0 aliphatic carbocycles. The van der Waals surface area contributed by atoms with Gasteiger partial charge in [0.05, 0.1) is 30.4 Å². The molecule has 1 aliphatic rings. The summed E-state index contributed by atoms with van der Waals surface area (Å²) in [5.74, 6) is 0.0387. The zero-order chi connectivity index (χ0) is 16.0. The van der Waals surface area contributed by atoms with E-state index in [1.165, 1.54) is 0 Å². The standard InChI is InChI=1S/C17H12FN3O2/c1-23-15-5-6-19-8-13(15)11-4-2-3-10-7-12-14(20-16(10)11)9-21(18)17(12)22/h2-8H,9H2,1H3. The number of aromatic nitrogens is 2. The Morgan fingerprint density at radius 3 is 2.91 bits per heavy atom. The molecule has 0 unspecified atom stereocenters. The van der Waals surface area contributed by atoms with Crippen molar-refractivity contribution in [3.8, 4) is 16.9 Å². The fourth-order valence-corrected chi connectivity index (χ4v) is 2.86. The Kier molecular flexibility index (Phi) is 2.97. The maximum atomic E-state index is 13.5. The topological polar surface area (TPSA) is 55.3 Å². The number of ether oxygens (including phenoxy) is 1. The zero-order valence-electron chi connectivity index (χ0n) is 12.3. The van der Waals surface area contributed by atoms with Crippen LogP contribution < -0.4 is 4.74 Å². The van der Waals surface area contributed by atoms with Crippen molar-refractivity contribution >= 4 is 16.8 Å². The average molecular weight is 309 g/mol. The van der Waals surface area contributed by atoms with Crippen molar-refractivity contribution in [3.63, 3.8) is 0 Å². The number of hydrogen-bond donors (Lipinski definition) is 0. The Morgan fingerprint density at radius 2 is 2.09 bits per heavy atom. The minimum atomic E-state index is -0.640. The molecule has 0 radical (unpaired) electrons. The molecule has 3 aromatic rings. The van der Waals surface area contributed by atoms with E-state index in [-0.39, 0.29) is 11.7 Å². The maximum absolute atomic E-state index is 13.5. The highest BCUT2D eigenvalue weighted by atomic mass is 19.2. The molecular formula is C17H12FN3O2. The van der Waals surface area contributed by atoms with E-state index in [0.29, 0.717) is 22.5 Å². The van der Waals surface area contributed by atoms with Crippen molar-refractivity contribution in [1.29, 1.82) is 0 Å². The molecule has 23 heavy (non-hydrogen) atoms. The van der Waals surface area contributed by atoms with Crippen LogP contribution in [0, 0.1) is 0 Å². The molecular weight excluding hydrogens is 297 g/mol. The SMILES string of the molecule is COc1ccncc1-c1cccc2cc3c(nc12)CN(F)C3=O. The van der Waals surface area contributed by atoms with Crippen LogP contribution in [-0.2, 0) is 6.54 Å². The monoisotopic (exact) mass is 309 g/mol. The molecule has 1 aliphatic heterocycles. The summed E-state index contributed by atoms with van der Waals surface area (Å²) in [7, 11) is 1.59. The fourth-order valence-electron chi connectivity index (χ4n) is 2.86. The molecule has 5 nitrogen and oxygen atoms in total. The van der Waals surface area contributed by atoms with Gasteiger partial charge in [0.25, 0.3) is 5.91 Å². The van der Waals surface area contributed by atoms with Gasteiger partial charge in [0, 0.05) is 28.9 Å². The molecule has 0 saturated heterocycles. The Hall–Kier alpha value is -3.02. The van der Waals surface area contributed by atoms with Crippen molar-refractivity contribution in [2.24, 2.45) is 0 Å². The van der Waals surface area contributed by atoms with E-state index in [9.17, 15) is 9.28 Å². The summed E-state index contributed by atoms with van der Waals surface area (Å²) >= 11 is 0. The zero-order valence-corrected chi connectivity index (χ0v) is 12.3. The minimum absolute atomic E-state index is 0.122. The van der Waals surface area contributed by atoms with Gasteiger partial charge in [-0.2, -0.15) is 5.12 Å². The normalized spacial score (nSPS) is 13.5. The Balaban J connectivity index is 1.99. The number of amides is 1. The fraction of sp³-hybridized carbons (Fsp3) is 0.118. The number of halogens is 1. The predicted molar refractivity (Wildman–Crippen MR) is 82.5 cm³/mol. The van der Waals surface area contributed by atoms with Gasteiger partial charge < -0.3 is 4.74 Å². The molecule has 0 spiro atoms. The lowest BCUT2D eigenvalue weighted by Crippen LogP contribution is -2.12. The first-order valence-corrected chi connectivity index (χ1v) is 7.07. The molecule has 1 aromatic carbocycles. The maximum Gasteiger partial charge on any atom is 0.283 e. The van der Waals surface area contributed by atoms with Gasteiger partial charge in [-0.15, -0.1) is 0 Å². The molecule has 0 N–H and O–H groups in total. The van der Waals surface area contributed by atoms with Crippen LogP contribution in [0.2, 0.25) is 0 Å². The second kappa shape index (κ2) is 5.01. The quantitative estimate of drug-likeness (QED) is 0.682. The lowest BCUT2D eigenvalue weighted by atomic mass is 10.0. The van der Waals surface area contributed by atoms with Gasteiger partial charge >= 0.3 is 0 Å². The number of rotatable bonds is 2. The van der Waals surface area contributed by atoms with Crippen molar-refractivity contribution in [2.45, 2.75) is 6.54 Å². The Labute approximate surface area is 131 Å². The van der Waals surface area contributed by atoms with E-state index in [1.54, 1.807) is 31.6 Å². The van der Waals surface area contributed by atoms with E-state index < -0.39 is 5.91 Å². The van der Waals surface area contributed by atoms with Crippen molar-refractivity contribution in [1.82, 2.24) is 15.1 Å². The van der Waals surface area contributed by atoms with Gasteiger partial charge in [0.2, 0.25) is 0 Å². The van der Waals surface area contributed by atoms with Crippen LogP contribution >= 0.6 is 0 Å². The van der Waals surface area contributed by atoms with Gasteiger partial charge in [0.15, 0.2) is 0 Å². The highest BCUT2D eigenvalue weighted by Crippen LogP contribution is 2.35. The summed E-state index contributed by atoms with van der Waals surface area (Å²) < 4.78 is 18.9. The minimum Gasteiger partial charge on any atom is -0.496 e. The average Bonchev–Trinajstić information content (AvgIpc) is 2.86. The molecule has 0 fully saturated rings. The van der Waals surface area contributed by atoms with E-state index >= 15 is 0 Å². The molecule has 4 rings (SSSR count). The van der Waals surface area contributed by atoms with Crippen molar-refractivity contribution < 1.29 is 14.0 Å². The molecule has 114 valence electrons. The van der Waals surface area contributed by atoms with Gasteiger partial charge in [0.1, 0.15) is 5.75 Å². The third-order valence-electron chi connectivity index (χ3n) is 3.96. The number of methoxy groups -OCH3 is 1. The van der Waals surface area contributed by atoms with Gasteiger partial charge in [-0.25, -0.2) is 4.98 Å². The molecule has 0 saturated carbocycles. The van der Waals surface area contributed by atoms with Crippen LogP contribution in [0.3, 0.4) is 0 Å². The third-order valence-corrected chi connectivity index (χ3v) is 3.96. The van der Waals surface area contributed by atoms with Gasteiger partial charge in [-0.1, -0.05) is 22.7 Å². The third kappa shape index (κ3) is 2.03. The highest BCUT2D eigenvalue weighted by Gasteiger charge is 2.29. The first-order chi connectivity index (χ1) is 11.2. The van der Waals surface area contributed by atoms with Crippen LogP contribution in [0.15, 0.2) is 42.7 Å². The Morgan fingerprint density at radius 1 is 1.22 bits per heavy atom. The van der Waals surface area contributed by atoms with Crippen LogP contribution in [0.4, 0.5) is 4.48 Å². The van der Waals surface area contributed by atoms with Gasteiger partial charge in [-0.05, 0) is 12.1 Å². The van der Waals surface area contributed by atoms with Gasteiger partial charge in [-0.3, -0.25) is 9.78 Å². The molecule has 6 heteroatoms. The van der Waals surface area contributed by atoms with Crippen molar-refractivity contribution in [3.05, 3.63) is 54.0 Å². The van der Waals surface area contributed by atoms with E-state index in [1.807, 2.05) is 18.2 Å². The van der Waals surface area contributed by atoms with Crippen LogP contribution in [0.5, 0.6) is 5.75 Å². The van der Waals surface area contributed by atoms with Crippen LogP contribution in [0.25, 0.3) is 22.0 Å². The number of pyridine rings is 2. The largest absolute Gasteiger partial charge is 0.496 e.